The van der Waals surface area contributed by atoms with Crippen LogP contribution in [0.3, 0.4) is 0 Å². The Morgan fingerprint density at radius 3 is 2.27 bits per heavy atom. The first-order valence-electron chi connectivity index (χ1n) is 8.12. The molecule has 7 heteroatoms. The lowest BCUT2D eigenvalue weighted by Gasteiger charge is -2.08. The summed E-state index contributed by atoms with van der Waals surface area (Å²) in [5.41, 5.74) is 0.259. The molecule has 3 nitrogen and oxygen atoms in total. The monoisotopic (exact) mass is 367 g/mol. The Bertz CT molecular complexity index is 776. The van der Waals surface area contributed by atoms with Gasteiger partial charge in [-0.3, -0.25) is 0 Å². The van der Waals surface area contributed by atoms with E-state index in [0.717, 1.165) is 17.7 Å². The third-order valence-corrected chi connectivity index (χ3v) is 4.34. The van der Waals surface area contributed by atoms with Gasteiger partial charge in [0.05, 0.1) is 18.2 Å². The minimum Gasteiger partial charge on any atom is -0.463 e. The van der Waals surface area contributed by atoms with E-state index in [1.54, 1.807) is 31.2 Å². The molecule has 2 aromatic rings. The maximum absolute atomic E-state index is 15.3. The SMILES string of the molecule is CCOC(=O)C1(F)C(c2ccc(C(F)(F)F)cc2)N1Cc1ccccc1. The Labute approximate surface area is 148 Å². The van der Waals surface area contributed by atoms with Crippen LogP contribution in [0.15, 0.2) is 54.6 Å². The van der Waals surface area contributed by atoms with E-state index in [4.69, 9.17) is 4.74 Å². The van der Waals surface area contributed by atoms with Gasteiger partial charge in [-0.15, -0.1) is 0 Å². The molecule has 1 aliphatic rings. The molecule has 26 heavy (non-hydrogen) atoms. The van der Waals surface area contributed by atoms with E-state index in [0.29, 0.717) is 5.56 Å². The molecule has 1 saturated heterocycles. The Morgan fingerprint density at radius 2 is 1.73 bits per heavy atom. The molecule has 0 radical (unpaired) electrons. The van der Waals surface area contributed by atoms with Crippen LogP contribution in [0, 0.1) is 0 Å². The number of rotatable bonds is 5. The fourth-order valence-corrected chi connectivity index (χ4v) is 3.02. The molecule has 0 saturated carbocycles. The molecule has 1 fully saturated rings. The molecule has 3 atom stereocenters. The molecule has 3 unspecified atom stereocenters. The van der Waals surface area contributed by atoms with Gasteiger partial charge >= 0.3 is 12.1 Å². The fraction of sp³-hybridized carbons (Fsp3) is 0.316. The summed E-state index contributed by atoms with van der Waals surface area (Å²) in [7, 11) is 0. The predicted octanol–water partition coefficient (Wildman–Crippen LogP) is 4.49. The van der Waals surface area contributed by atoms with E-state index in [1.807, 2.05) is 6.07 Å². The molecular weight excluding hydrogens is 350 g/mol. The van der Waals surface area contributed by atoms with Gasteiger partial charge in [0.2, 0.25) is 0 Å². The standard InChI is InChI=1S/C19H17F4NO2/c1-2-26-17(25)18(20)16(24(18)12-13-6-4-3-5-7-13)14-8-10-15(11-9-14)19(21,22)23/h3-11,16H,2,12H2,1H3. The number of carbonyl (C=O) groups is 1. The van der Waals surface area contributed by atoms with Gasteiger partial charge in [-0.1, -0.05) is 42.5 Å². The van der Waals surface area contributed by atoms with Crippen LogP contribution >= 0.6 is 0 Å². The number of alkyl halides is 4. The second-order valence-electron chi connectivity index (χ2n) is 6.03. The molecule has 0 aromatic heterocycles. The van der Waals surface area contributed by atoms with Gasteiger partial charge in [-0.25, -0.2) is 14.1 Å². The highest BCUT2D eigenvalue weighted by atomic mass is 19.4. The molecule has 0 spiro atoms. The lowest BCUT2D eigenvalue weighted by Crippen LogP contribution is -2.27. The second kappa shape index (κ2) is 6.72. The maximum Gasteiger partial charge on any atom is 0.416 e. The Morgan fingerprint density at radius 1 is 1.12 bits per heavy atom. The van der Waals surface area contributed by atoms with Gasteiger partial charge in [0.15, 0.2) is 0 Å². The molecule has 2 aromatic carbocycles. The van der Waals surface area contributed by atoms with E-state index in [9.17, 15) is 18.0 Å². The Hall–Kier alpha value is -2.41. The molecule has 0 bridgehead atoms. The molecule has 138 valence electrons. The number of benzene rings is 2. The van der Waals surface area contributed by atoms with Crippen molar-refractivity contribution in [1.29, 1.82) is 0 Å². The smallest absolute Gasteiger partial charge is 0.416 e. The summed E-state index contributed by atoms with van der Waals surface area (Å²) in [4.78, 5) is 13.4. The van der Waals surface area contributed by atoms with Crippen LogP contribution in [0.25, 0.3) is 0 Å². The van der Waals surface area contributed by atoms with E-state index in [1.165, 1.54) is 17.0 Å². The molecule has 3 rings (SSSR count). The summed E-state index contributed by atoms with van der Waals surface area (Å²) in [5, 5.41) is 0. The van der Waals surface area contributed by atoms with Crippen molar-refractivity contribution in [1.82, 2.24) is 4.90 Å². The van der Waals surface area contributed by atoms with Crippen LogP contribution in [-0.4, -0.2) is 23.3 Å². The molecule has 1 aliphatic heterocycles. The van der Waals surface area contributed by atoms with Crippen molar-refractivity contribution < 1.29 is 27.1 Å². The summed E-state index contributed by atoms with van der Waals surface area (Å²) >= 11 is 0. The minimum atomic E-state index is -4.47. The number of hydrogen-bond donors (Lipinski definition) is 0. The van der Waals surface area contributed by atoms with Crippen LogP contribution in [-0.2, 0) is 22.3 Å². The van der Waals surface area contributed by atoms with Crippen LogP contribution in [0.5, 0.6) is 0 Å². The van der Waals surface area contributed by atoms with Gasteiger partial charge in [-0.05, 0) is 30.2 Å². The first kappa shape index (κ1) is 18.4. The van der Waals surface area contributed by atoms with Crippen molar-refractivity contribution in [2.24, 2.45) is 0 Å². The van der Waals surface area contributed by atoms with Crippen molar-refractivity contribution in [3.8, 4) is 0 Å². The van der Waals surface area contributed by atoms with Crippen LogP contribution in [0.2, 0.25) is 0 Å². The summed E-state index contributed by atoms with van der Waals surface area (Å²) in [6, 6.07) is 12.2. The molecule has 0 N–H and O–H groups in total. The van der Waals surface area contributed by atoms with Gasteiger partial charge in [-0.2, -0.15) is 13.2 Å². The highest BCUT2D eigenvalue weighted by Gasteiger charge is 2.71. The van der Waals surface area contributed by atoms with E-state index in [2.05, 4.69) is 0 Å². The number of esters is 1. The third kappa shape index (κ3) is 3.31. The zero-order valence-corrected chi connectivity index (χ0v) is 14.0. The number of carbonyl (C=O) groups excluding carboxylic acids is 1. The zero-order valence-electron chi connectivity index (χ0n) is 14.0. The highest BCUT2D eigenvalue weighted by Crippen LogP contribution is 2.56. The molecule has 1 heterocycles. The van der Waals surface area contributed by atoms with E-state index >= 15 is 4.39 Å². The lowest BCUT2D eigenvalue weighted by atomic mass is 10.1. The third-order valence-electron chi connectivity index (χ3n) is 4.34. The van der Waals surface area contributed by atoms with E-state index in [-0.39, 0.29) is 13.2 Å². The van der Waals surface area contributed by atoms with Gasteiger partial charge in [0.1, 0.15) is 0 Å². The van der Waals surface area contributed by atoms with Crippen molar-refractivity contribution in [2.75, 3.05) is 6.61 Å². The quantitative estimate of drug-likeness (QED) is 0.337. The normalized spacial score (nSPS) is 25.0. The van der Waals surface area contributed by atoms with Gasteiger partial charge in [0.25, 0.3) is 5.79 Å². The zero-order chi connectivity index (χ0) is 18.9. The average Bonchev–Trinajstić information content (AvgIpc) is 3.20. The first-order valence-corrected chi connectivity index (χ1v) is 8.12. The van der Waals surface area contributed by atoms with Crippen LogP contribution in [0.4, 0.5) is 17.6 Å². The van der Waals surface area contributed by atoms with Crippen LogP contribution < -0.4 is 0 Å². The van der Waals surface area contributed by atoms with Gasteiger partial charge < -0.3 is 4.74 Å². The Kier molecular flexibility index (Phi) is 4.75. The van der Waals surface area contributed by atoms with Crippen molar-refractivity contribution in [3.05, 3.63) is 71.3 Å². The maximum atomic E-state index is 15.3. The number of nitrogens with zero attached hydrogens (tertiary/aromatic N) is 1. The summed E-state index contributed by atoms with van der Waals surface area (Å²) in [5.74, 6) is -3.41. The van der Waals surface area contributed by atoms with Crippen molar-refractivity contribution in [2.45, 2.75) is 31.5 Å². The first-order chi connectivity index (χ1) is 12.3. The highest BCUT2D eigenvalue weighted by molar-refractivity contribution is 5.84. The number of hydrogen-bond acceptors (Lipinski definition) is 3. The fourth-order valence-electron chi connectivity index (χ4n) is 3.02. The minimum absolute atomic E-state index is 0.0173. The van der Waals surface area contributed by atoms with E-state index < -0.39 is 29.5 Å². The summed E-state index contributed by atoms with van der Waals surface area (Å²) in [6.07, 6.45) is -4.47. The predicted molar refractivity (Wildman–Crippen MR) is 86.6 cm³/mol. The number of ether oxygens (including phenoxy) is 1. The molecule has 0 amide bonds. The van der Waals surface area contributed by atoms with Crippen molar-refractivity contribution in [3.63, 3.8) is 0 Å². The average molecular weight is 367 g/mol. The summed E-state index contributed by atoms with van der Waals surface area (Å²) < 4.78 is 58.3. The van der Waals surface area contributed by atoms with Gasteiger partial charge in [0, 0.05) is 6.54 Å². The molecular formula is C19H17F4NO2. The molecule has 0 aliphatic carbocycles. The number of halogens is 4. The van der Waals surface area contributed by atoms with Crippen molar-refractivity contribution >= 4 is 5.97 Å². The Balaban J connectivity index is 1.88. The topological polar surface area (TPSA) is 29.3 Å². The largest absolute Gasteiger partial charge is 0.463 e. The summed E-state index contributed by atoms with van der Waals surface area (Å²) in [6.45, 7) is 1.73. The second-order valence-corrected chi connectivity index (χ2v) is 6.03. The lowest BCUT2D eigenvalue weighted by molar-refractivity contribution is -0.153. The van der Waals surface area contributed by atoms with Crippen LogP contribution in [0.1, 0.15) is 29.7 Å².